The van der Waals surface area contributed by atoms with Crippen LogP contribution < -0.4 is 19.6 Å². The van der Waals surface area contributed by atoms with Gasteiger partial charge in [0.2, 0.25) is 0 Å². The van der Waals surface area contributed by atoms with E-state index in [1.807, 2.05) is 13.8 Å². The lowest BCUT2D eigenvalue weighted by atomic mass is 10.1. The van der Waals surface area contributed by atoms with Crippen LogP contribution in [0.25, 0.3) is 0 Å². The molecule has 7 heteroatoms. The Hall–Kier alpha value is -2.73. The van der Waals surface area contributed by atoms with Gasteiger partial charge in [0, 0.05) is 10.6 Å². The molecule has 6 nitrogen and oxygen atoms in total. The predicted octanol–water partition coefficient (Wildman–Crippen LogP) is 3.50. The second-order valence-corrected chi connectivity index (χ2v) is 5.91. The number of hydrazone groups is 1. The normalized spacial score (nSPS) is 10.7. The molecule has 2 rings (SSSR count). The quantitative estimate of drug-likeness (QED) is 0.593. The van der Waals surface area contributed by atoms with E-state index in [-0.39, 0.29) is 12.5 Å². The molecule has 0 fully saturated rings. The Kier molecular flexibility index (Phi) is 6.86. The van der Waals surface area contributed by atoms with Gasteiger partial charge in [0.05, 0.1) is 20.4 Å². The molecule has 0 aliphatic rings. The van der Waals surface area contributed by atoms with Crippen LogP contribution in [0.1, 0.15) is 16.7 Å². The monoisotopic (exact) mass is 376 g/mol. The molecule has 2 aromatic rings. The number of methoxy groups -OCH3 is 2. The lowest BCUT2D eigenvalue weighted by Gasteiger charge is -2.10. The van der Waals surface area contributed by atoms with Gasteiger partial charge in [-0.15, -0.1) is 0 Å². The minimum atomic E-state index is -0.381. The average Bonchev–Trinajstić information content (AvgIpc) is 2.63. The SMILES string of the molecule is COc1cccc(C=NNC(=O)COc2cc(C)c(Cl)c(C)c2)c1OC. The Bertz CT molecular complexity index is 798. The number of aryl methyl sites for hydroxylation is 2. The summed E-state index contributed by atoms with van der Waals surface area (Å²) in [5.41, 5.74) is 4.88. The fourth-order valence-electron chi connectivity index (χ4n) is 2.36. The number of ether oxygens (including phenoxy) is 3. The predicted molar refractivity (Wildman–Crippen MR) is 102 cm³/mol. The molecule has 0 aromatic heterocycles. The summed E-state index contributed by atoms with van der Waals surface area (Å²) in [4.78, 5) is 11.9. The Morgan fingerprint density at radius 1 is 1.19 bits per heavy atom. The number of para-hydroxylation sites is 1. The molecule has 26 heavy (non-hydrogen) atoms. The van der Waals surface area contributed by atoms with E-state index in [2.05, 4.69) is 10.5 Å². The van der Waals surface area contributed by atoms with Crippen molar-refractivity contribution in [3.63, 3.8) is 0 Å². The summed E-state index contributed by atoms with van der Waals surface area (Å²) in [6.07, 6.45) is 1.48. The number of hydrogen-bond acceptors (Lipinski definition) is 5. The number of carbonyl (C=O) groups excluding carboxylic acids is 1. The molecule has 0 unspecified atom stereocenters. The highest BCUT2D eigenvalue weighted by Crippen LogP contribution is 2.29. The van der Waals surface area contributed by atoms with Crippen molar-refractivity contribution in [3.05, 3.63) is 52.0 Å². The van der Waals surface area contributed by atoms with Crippen molar-refractivity contribution in [1.82, 2.24) is 5.43 Å². The zero-order valence-electron chi connectivity index (χ0n) is 15.1. The van der Waals surface area contributed by atoms with Crippen molar-refractivity contribution >= 4 is 23.7 Å². The van der Waals surface area contributed by atoms with Crippen molar-refractivity contribution in [3.8, 4) is 17.2 Å². The molecule has 0 saturated heterocycles. The fraction of sp³-hybridized carbons (Fsp3) is 0.263. The van der Waals surface area contributed by atoms with E-state index in [4.69, 9.17) is 25.8 Å². The van der Waals surface area contributed by atoms with E-state index in [1.165, 1.54) is 13.3 Å². The van der Waals surface area contributed by atoms with Gasteiger partial charge in [0.1, 0.15) is 5.75 Å². The number of rotatable bonds is 7. The molecule has 0 aliphatic carbocycles. The van der Waals surface area contributed by atoms with Gasteiger partial charge in [0.25, 0.3) is 5.91 Å². The molecule has 2 aromatic carbocycles. The molecule has 0 bridgehead atoms. The van der Waals surface area contributed by atoms with Gasteiger partial charge in [-0.1, -0.05) is 17.7 Å². The number of halogens is 1. The molecule has 0 aliphatic heterocycles. The first-order valence-corrected chi connectivity index (χ1v) is 8.26. The van der Waals surface area contributed by atoms with Gasteiger partial charge in [-0.2, -0.15) is 5.10 Å². The zero-order valence-corrected chi connectivity index (χ0v) is 15.9. The number of hydrogen-bond donors (Lipinski definition) is 1. The van der Waals surface area contributed by atoms with Crippen LogP contribution in [0, 0.1) is 13.8 Å². The van der Waals surface area contributed by atoms with Gasteiger partial charge in [-0.25, -0.2) is 5.43 Å². The molecule has 0 spiro atoms. The summed E-state index contributed by atoms with van der Waals surface area (Å²) in [5.74, 6) is 1.32. The van der Waals surface area contributed by atoms with Crippen LogP contribution in [-0.2, 0) is 4.79 Å². The summed E-state index contributed by atoms with van der Waals surface area (Å²) in [5, 5.41) is 4.62. The second kappa shape index (κ2) is 9.10. The minimum absolute atomic E-state index is 0.160. The third kappa shape index (κ3) is 4.89. The number of nitrogens with one attached hydrogen (secondary N) is 1. The second-order valence-electron chi connectivity index (χ2n) is 5.54. The molecule has 0 radical (unpaired) electrons. The van der Waals surface area contributed by atoms with E-state index in [0.29, 0.717) is 27.8 Å². The fourth-order valence-corrected chi connectivity index (χ4v) is 2.47. The number of benzene rings is 2. The number of amides is 1. The van der Waals surface area contributed by atoms with E-state index in [0.717, 1.165) is 11.1 Å². The van der Waals surface area contributed by atoms with Gasteiger partial charge in [-0.05, 0) is 49.2 Å². The maximum Gasteiger partial charge on any atom is 0.277 e. The maximum absolute atomic E-state index is 11.9. The highest BCUT2D eigenvalue weighted by atomic mass is 35.5. The lowest BCUT2D eigenvalue weighted by Crippen LogP contribution is -2.24. The van der Waals surface area contributed by atoms with E-state index >= 15 is 0 Å². The number of carbonyl (C=O) groups is 1. The van der Waals surface area contributed by atoms with Crippen LogP contribution in [0.3, 0.4) is 0 Å². The first-order valence-electron chi connectivity index (χ1n) is 7.88. The highest BCUT2D eigenvalue weighted by molar-refractivity contribution is 6.32. The Labute approximate surface area is 157 Å². The lowest BCUT2D eigenvalue weighted by molar-refractivity contribution is -0.123. The molecule has 1 amide bonds. The summed E-state index contributed by atoms with van der Waals surface area (Å²) < 4.78 is 16.0. The van der Waals surface area contributed by atoms with Crippen molar-refractivity contribution in [2.75, 3.05) is 20.8 Å². The highest BCUT2D eigenvalue weighted by Gasteiger charge is 2.08. The Morgan fingerprint density at radius 3 is 2.50 bits per heavy atom. The molecule has 0 saturated carbocycles. The molecular formula is C19H21ClN2O4. The zero-order chi connectivity index (χ0) is 19.1. The minimum Gasteiger partial charge on any atom is -0.493 e. The molecular weight excluding hydrogens is 356 g/mol. The largest absolute Gasteiger partial charge is 0.493 e. The van der Waals surface area contributed by atoms with E-state index in [1.54, 1.807) is 37.4 Å². The van der Waals surface area contributed by atoms with Crippen LogP contribution in [0.15, 0.2) is 35.4 Å². The Morgan fingerprint density at radius 2 is 1.88 bits per heavy atom. The molecule has 0 heterocycles. The molecule has 1 N–H and O–H groups in total. The summed E-state index contributed by atoms with van der Waals surface area (Å²) in [6, 6.07) is 8.95. The van der Waals surface area contributed by atoms with Gasteiger partial charge in [0.15, 0.2) is 18.1 Å². The summed E-state index contributed by atoms with van der Waals surface area (Å²) >= 11 is 6.11. The first kappa shape index (κ1) is 19.6. The van der Waals surface area contributed by atoms with Crippen LogP contribution in [-0.4, -0.2) is 32.9 Å². The van der Waals surface area contributed by atoms with Crippen LogP contribution in [0.5, 0.6) is 17.2 Å². The van der Waals surface area contributed by atoms with E-state index in [9.17, 15) is 4.79 Å². The van der Waals surface area contributed by atoms with Gasteiger partial charge in [-0.3, -0.25) is 4.79 Å². The third-order valence-electron chi connectivity index (χ3n) is 3.61. The standard InChI is InChI=1S/C19H21ClN2O4/c1-12-8-15(9-13(2)18(12)20)26-11-17(23)22-21-10-14-6-5-7-16(24-3)19(14)25-4/h5-10H,11H2,1-4H3,(H,22,23). The van der Waals surface area contributed by atoms with Crippen LogP contribution >= 0.6 is 11.6 Å². The van der Waals surface area contributed by atoms with Crippen molar-refractivity contribution in [2.24, 2.45) is 5.10 Å². The third-order valence-corrected chi connectivity index (χ3v) is 4.20. The molecule has 0 atom stereocenters. The van der Waals surface area contributed by atoms with Gasteiger partial charge < -0.3 is 14.2 Å². The van der Waals surface area contributed by atoms with Gasteiger partial charge >= 0.3 is 0 Å². The maximum atomic E-state index is 11.9. The molecule has 138 valence electrons. The topological polar surface area (TPSA) is 69.2 Å². The first-order chi connectivity index (χ1) is 12.5. The van der Waals surface area contributed by atoms with Crippen LogP contribution in [0.2, 0.25) is 5.02 Å². The average molecular weight is 377 g/mol. The summed E-state index contributed by atoms with van der Waals surface area (Å²) in [6.45, 7) is 3.61. The van der Waals surface area contributed by atoms with Crippen molar-refractivity contribution in [1.29, 1.82) is 0 Å². The number of nitrogens with zero attached hydrogens (tertiary/aromatic N) is 1. The smallest absolute Gasteiger partial charge is 0.277 e. The van der Waals surface area contributed by atoms with E-state index < -0.39 is 0 Å². The Balaban J connectivity index is 1.94. The summed E-state index contributed by atoms with van der Waals surface area (Å²) in [7, 11) is 3.09. The van der Waals surface area contributed by atoms with Crippen LogP contribution in [0.4, 0.5) is 0 Å². The van der Waals surface area contributed by atoms with Crippen molar-refractivity contribution < 1.29 is 19.0 Å². The van der Waals surface area contributed by atoms with Crippen molar-refractivity contribution in [2.45, 2.75) is 13.8 Å².